The maximum atomic E-state index is 10.9. The Balaban J connectivity index is 1.52. The van der Waals surface area contributed by atoms with Crippen LogP contribution in [0.2, 0.25) is 0 Å². The molecule has 0 unspecified atom stereocenters. The minimum atomic E-state index is -1.89. The molecule has 2 fully saturated rings. The van der Waals surface area contributed by atoms with E-state index in [-0.39, 0.29) is 12.1 Å². The van der Waals surface area contributed by atoms with Crippen LogP contribution in [0.4, 0.5) is 0 Å². The Labute approximate surface area is 156 Å². The Bertz CT molecular complexity index is 789. The Hall–Kier alpha value is -1.84. The Morgan fingerprint density at radius 3 is 2.41 bits per heavy atom. The highest BCUT2D eigenvalue weighted by Crippen LogP contribution is 2.40. The molecule has 146 valence electrons. The summed E-state index contributed by atoms with van der Waals surface area (Å²) in [5.41, 5.74) is 0.602. The molecule has 5 atom stereocenters. The lowest BCUT2D eigenvalue weighted by atomic mass is 9.71. The van der Waals surface area contributed by atoms with Gasteiger partial charge in [0.1, 0.15) is 23.5 Å². The molecule has 0 saturated heterocycles. The van der Waals surface area contributed by atoms with Gasteiger partial charge in [0.25, 0.3) is 0 Å². The van der Waals surface area contributed by atoms with E-state index < -0.39 is 36.4 Å². The van der Waals surface area contributed by atoms with Crippen molar-refractivity contribution in [2.45, 2.75) is 55.6 Å². The van der Waals surface area contributed by atoms with Crippen molar-refractivity contribution in [2.24, 2.45) is 5.92 Å². The highest BCUT2D eigenvalue weighted by Gasteiger charge is 2.53. The van der Waals surface area contributed by atoms with Crippen molar-refractivity contribution >= 4 is 0 Å². The third-order valence-electron chi connectivity index (χ3n) is 5.81. The van der Waals surface area contributed by atoms with E-state index in [4.69, 9.17) is 0 Å². The van der Waals surface area contributed by atoms with Crippen LogP contribution in [0.15, 0.2) is 30.5 Å². The Morgan fingerprint density at radius 1 is 1.07 bits per heavy atom. The minimum Gasteiger partial charge on any atom is -0.396 e. The molecule has 8 nitrogen and oxygen atoms in total. The second-order valence-electron chi connectivity index (χ2n) is 7.81. The fourth-order valence-electron chi connectivity index (χ4n) is 3.89. The van der Waals surface area contributed by atoms with Crippen molar-refractivity contribution in [2.75, 3.05) is 6.61 Å². The molecule has 4 rings (SSSR count). The van der Waals surface area contributed by atoms with Crippen molar-refractivity contribution in [3.63, 3.8) is 0 Å². The van der Waals surface area contributed by atoms with E-state index in [9.17, 15) is 25.5 Å². The van der Waals surface area contributed by atoms with E-state index >= 15 is 0 Å². The van der Waals surface area contributed by atoms with Crippen LogP contribution in [-0.2, 0) is 12.1 Å². The topological polar surface area (TPSA) is 132 Å². The standard InChI is InChI=1S/C19H25N3O5/c23-10-14-7-19(27,18(26)17(25)16(14)24)15-9-22(21-20-15)8-11-1-3-12(4-2-11)13-5-6-13/h1-4,9,13-14,16-18,23-27H,5-8,10H2/t14-,16-,17+,18-,19-/m1/s1. The average molecular weight is 375 g/mol. The first-order valence-electron chi connectivity index (χ1n) is 9.29. The van der Waals surface area contributed by atoms with Gasteiger partial charge in [0.05, 0.1) is 18.8 Å². The first-order valence-corrected chi connectivity index (χ1v) is 9.29. The van der Waals surface area contributed by atoms with Crippen LogP contribution in [-0.4, -0.2) is 65.4 Å². The summed E-state index contributed by atoms with van der Waals surface area (Å²) in [7, 11) is 0. The molecule has 1 aromatic carbocycles. The molecule has 1 heterocycles. The molecule has 0 aliphatic heterocycles. The Kier molecular flexibility index (Phi) is 4.77. The Morgan fingerprint density at radius 2 is 1.78 bits per heavy atom. The zero-order valence-corrected chi connectivity index (χ0v) is 14.9. The monoisotopic (exact) mass is 375 g/mol. The lowest BCUT2D eigenvalue weighted by molar-refractivity contribution is -0.214. The van der Waals surface area contributed by atoms with Crippen molar-refractivity contribution < 1.29 is 25.5 Å². The van der Waals surface area contributed by atoms with Crippen LogP contribution in [0.1, 0.15) is 42.0 Å². The predicted molar refractivity (Wildman–Crippen MR) is 94.7 cm³/mol. The average Bonchev–Trinajstić information content (AvgIpc) is 3.42. The number of aromatic nitrogens is 3. The number of hydrogen-bond donors (Lipinski definition) is 5. The number of nitrogens with zero attached hydrogens (tertiary/aromatic N) is 3. The lowest BCUT2D eigenvalue weighted by Crippen LogP contribution is -2.59. The van der Waals surface area contributed by atoms with E-state index in [0.29, 0.717) is 12.5 Å². The number of rotatable bonds is 5. The summed E-state index contributed by atoms with van der Waals surface area (Å²) in [6, 6.07) is 8.32. The molecule has 0 radical (unpaired) electrons. The molecule has 0 bridgehead atoms. The van der Waals surface area contributed by atoms with Gasteiger partial charge in [-0.1, -0.05) is 29.5 Å². The molecule has 0 amide bonds. The van der Waals surface area contributed by atoms with Gasteiger partial charge in [0, 0.05) is 12.5 Å². The van der Waals surface area contributed by atoms with Crippen molar-refractivity contribution in [3.05, 3.63) is 47.3 Å². The number of benzene rings is 1. The molecular formula is C19H25N3O5. The molecule has 2 aliphatic carbocycles. The van der Waals surface area contributed by atoms with Crippen LogP contribution >= 0.6 is 0 Å². The van der Waals surface area contributed by atoms with Crippen molar-refractivity contribution in [1.29, 1.82) is 0 Å². The SMILES string of the molecule is OC[C@H]1C[C@@](O)(c2cn(Cc3ccc(C4CC4)cc3)nn2)[C@H](O)[C@@H](O)[C@@H]1O. The maximum Gasteiger partial charge on any atom is 0.139 e. The van der Waals surface area contributed by atoms with E-state index in [1.807, 2.05) is 12.1 Å². The first kappa shape index (κ1) is 18.5. The molecule has 0 spiro atoms. The van der Waals surface area contributed by atoms with E-state index in [1.54, 1.807) is 4.68 Å². The summed E-state index contributed by atoms with van der Waals surface area (Å²) < 4.78 is 1.55. The summed E-state index contributed by atoms with van der Waals surface area (Å²) >= 11 is 0. The van der Waals surface area contributed by atoms with Gasteiger partial charge in [-0.2, -0.15) is 0 Å². The summed E-state index contributed by atoms with van der Waals surface area (Å²) in [5, 5.41) is 58.6. The zero-order chi connectivity index (χ0) is 19.2. The summed E-state index contributed by atoms with van der Waals surface area (Å²) in [6.07, 6.45) is -0.622. The van der Waals surface area contributed by atoms with Crippen LogP contribution in [0, 0.1) is 5.92 Å². The normalized spacial score (nSPS) is 34.0. The van der Waals surface area contributed by atoms with Crippen LogP contribution in [0.5, 0.6) is 0 Å². The number of aliphatic hydroxyl groups excluding tert-OH is 4. The lowest BCUT2D eigenvalue weighted by Gasteiger charge is -2.44. The van der Waals surface area contributed by atoms with Gasteiger partial charge >= 0.3 is 0 Å². The molecule has 5 N–H and O–H groups in total. The largest absolute Gasteiger partial charge is 0.396 e. The highest BCUT2D eigenvalue weighted by atomic mass is 16.4. The van der Waals surface area contributed by atoms with E-state index in [0.717, 1.165) is 5.56 Å². The second-order valence-corrected chi connectivity index (χ2v) is 7.81. The van der Waals surface area contributed by atoms with Crippen molar-refractivity contribution in [1.82, 2.24) is 15.0 Å². The van der Waals surface area contributed by atoms with Crippen LogP contribution in [0.25, 0.3) is 0 Å². The number of hydrogen-bond acceptors (Lipinski definition) is 7. The molecule has 2 aromatic rings. The van der Waals surface area contributed by atoms with Gasteiger partial charge in [-0.3, -0.25) is 0 Å². The molecule has 1 aromatic heterocycles. The molecule has 2 saturated carbocycles. The third kappa shape index (κ3) is 3.39. The molecule has 2 aliphatic rings. The summed E-state index contributed by atoms with van der Waals surface area (Å²) in [5.74, 6) is -0.0752. The van der Waals surface area contributed by atoms with E-state index in [1.165, 1.54) is 24.6 Å². The van der Waals surface area contributed by atoms with Crippen molar-refractivity contribution in [3.8, 4) is 0 Å². The zero-order valence-electron chi connectivity index (χ0n) is 14.9. The van der Waals surface area contributed by atoms with Gasteiger partial charge in [0.15, 0.2) is 0 Å². The summed E-state index contributed by atoms with van der Waals surface area (Å²) in [6.45, 7) is 0.0352. The van der Waals surface area contributed by atoms with E-state index in [2.05, 4.69) is 22.4 Å². The quantitative estimate of drug-likeness (QED) is 0.475. The van der Waals surface area contributed by atoms with Crippen LogP contribution in [0.3, 0.4) is 0 Å². The van der Waals surface area contributed by atoms with Gasteiger partial charge in [-0.05, 0) is 36.3 Å². The number of aliphatic hydroxyl groups is 5. The molecule has 8 heteroatoms. The fraction of sp³-hybridized carbons (Fsp3) is 0.579. The fourth-order valence-corrected chi connectivity index (χ4v) is 3.89. The molecule has 27 heavy (non-hydrogen) atoms. The van der Waals surface area contributed by atoms with Gasteiger partial charge < -0.3 is 25.5 Å². The van der Waals surface area contributed by atoms with Gasteiger partial charge in [-0.25, -0.2) is 4.68 Å². The molecular weight excluding hydrogens is 350 g/mol. The van der Waals surface area contributed by atoms with Gasteiger partial charge in [0.2, 0.25) is 0 Å². The highest BCUT2D eigenvalue weighted by molar-refractivity contribution is 5.28. The minimum absolute atomic E-state index is 0.106. The smallest absolute Gasteiger partial charge is 0.139 e. The predicted octanol–water partition coefficient (Wildman–Crippen LogP) is -0.514. The van der Waals surface area contributed by atoms with Gasteiger partial charge in [-0.15, -0.1) is 5.10 Å². The first-order chi connectivity index (χ1) is 12.9. The summed E-state index contributed by atoms with van der Waals surface area (Å²) in [4.78, 5) is 0. The third-order valence-corrected chi connectivity index (χ3v) is 5.81. The maximum absolute atomic E-state index is 10.9. The van der Waals surface area contributed by atoms with Crippen LogP contribution < -0.4 is 0 Å². The second kappa shape index (κ2) is 6.96.